The second-order valence-electron chi connectivity index (χ2n) is 6.65. The lowest BCUT2D eigenvalue weighted by molar-refractivity contribution is -0.137. The van der Waals surface area contributed by atoms with Gasteiger partial charge in [0.2, 0.25) is 5.95 Å². The Morgan fingerprint density at radius 1 is 1.18 bits per heavy atom. The van der Waals surface area contributed by atoms with Gasteiger partial charge in [0.05, 0.1) is 11.8 Å². The molecule has 3 rings (SSSR count). The predicted octanol–water partition coefficient (Wildman–Crippen LogP) is 3.81. The average Bonchev–Trinajstić information content (AvgIpc) is 3.16. The summed E-state index contributed by atoms with van der Waals surface area (Å²) in [6.07, 6.45) is -0.812. The first kappa shape index (κ1) is 19.7. The molecule has 0 radical (unpaired) electrons. The van der Waals surface area contributed by atoms with Crippen molar-refractivity contribution in [1.82, 2.24) is 9.97 Å². The van der Waals surface area contributed by atoms with Gasteiger partial charge in [0.25, 0.3) is 0 Å². The summed E-state index contributed by atoms with van der Waals surface area (Å²) >= 11 is 0. The van der Waals surface area contributed by atoms with Crippen molar-refractivity contribution in [2.45, 2.75) is 19.0 Å². The molecule has 28 heavy (non-hydrogen) atoms. The number of amides is 2. The standard InChI is InChI=1S/C18H21F3N6O/c1-26(2)15-14(11-22-16(25-15)27-8-3-4-9-27)24-17(28)23-13-7-5-6-12(10-13)18(19,20)21/h5-7,10-11H,3-4,8-9H2,1-2H3,(H2,23,24,28). The minimum Gasteiger partial charge on any atom is -0.361 e. The minimum atomic E-state index is -4.48. The number of carbonyl (C=O) groups is 1. The van der Waals surface area contributed by atoms with Gasteiger partial charge in [-0.1, -0.05) is 6.07 Å². The molecule has 1 fully saturated rings. The van der Waals surface area contributed by atoms with Crippen molar-refractivity contribution in [3.63, 3.8) is 0 Å². The second-order valence-corrected chi connectivity index (χ2v) is 6.65. The van der Waals surface area contributed by atoms with E-state index in [-0.39, 0.29) is 5.69 Å². The molecule has 2 N–H and O–H groups in total. The first-order chi connectivity index (χ1) is 13.2. The first-order valence-corrected chi connectivity index (χ1v) is 8.78. The van der Waals surface area contributed by atoms with Crippen molar-refractivity contribution >= 4 is 29.2 Å². The quantitative estimate of drug-likeness (QED) is 0.825. The molecule has 0 saturated carbocycles. The molecule has 1 aliphatic heterocycles. The number of hydrogen-bond acceptors (Lipinski definition) is 5. The largest absolute Gasteiger partial charge is 0.416 e. The number of anilines is 4. The van der Waals surface area contributed by atoms with E-state index < -0.39 is 17.8 Å². The molecule has 0 unspecified atom stereocenters. The maximum atomic E-state index is 12.8. The van der Waals surface area contributed by atoms with Crippen molar-refractivity contribution in [1.29, 1.82) is 0 Å². The lowest BCUT2D eigenvalue weighted by Gasteiger charge is -2.21. The topological polar surface area (TPSA) is 73.4 Å². The molecule has 1 aromatic carbocycles. The lowest BCUT2D eigenvalue weighted by atomic mass is 10.2. The van der Waals surface area contributed by atoms with Gasteiger partial charge in [-0.05, 0) is 31.0 Å². The van der Waals surface area contributed by atoms with Crippen LogP contribution in [-0.4, -0.2) is 43.2 Å². The van der Waals surface area contributed by atoms with Crippen molar-refractivity contribution in [2.75, 3.05) is 47.6 Å². The molecular formula is C18H21F3N6O. The van der Waals surface area contributed by atoms with Crippen molar-refractivity contribution in [2.24, 2.45) is 0 Å². The summed E-state index contributed by atoms with van der Waals surface area (Å²) < 4.78 is 38.4. The molecule has 150 valence electrons. The number of carbonyl (C=O) groups excluding carboxylic acids is 1. The molecule has 2 aromatic rings. The van der Waals surface area contributed by atoms with Crippen LogP contribution >= 0.6 is 0 Å². The molecule has 7 nitrogen and oxygen atoms in total. The smallest absolute Gasteiger partial charge is 0.361 e. The molecule has 0 bridgehead atoms. The van der Waals surface area contributed by atoms with E-state index in [0.29, 0.717) is 17.5 Å². The van der Waals surface area contributed by atoms with E-state index >= 15 is 0 Å². The summed E-state index contributed by atoms with van der Waals surface area (Å²) in [5.74, 6) is 1.10. The van der Waals surface area contributed by atoms with Crippen LogP contribution < -0.4 is 20.4 Å². The van der Waals surface area contributed by atoms with E-state index in [4.69, 9.17) is 0 Å². The SMILES string of the molecule is CN(C)c1nc(N2CCCC2)ncc1NC(=O)Nc1cccc(C(F)(F)F)c1. The number of hydrogen-bond donors (Lipinski definition) is 2. The molecule has 0 spiro atoms. The number of nitrogens with one attached hydrogen (secondary N) is 2. The average molecular weight is 394 g/mol. The number of nitrogens with zero attached hydrogens (tertiary/aromatic N) is 4. The normalized spacial score (nSPS) is 14.1. The van der Waals surface area contributed by atoms with Gasteiger partial charge in [-0.15, -0.1) is 0 Å². The third-order valence-corrected chi connectivity index (χ3v) is 4.26. The Labute approximate surface area is 160 Å². The summed E-state index contributed by atoms with van der Waals surface area (Å²) in [5, 5.41) is 5.00. The first-order valence-electron chi connectivity index (χ1n) is 8.78. The molecule has 1 saturated heterocycles. The van der Waals surface area contributed by atoms with Gasteiger partial charge in [0.1, 0.15) is 5.69 Å². The monoisotopic (exact) mass is 394 g/mol. The maximum Gasteiger partial charge on any atom is 0.416 e. The predicted molar refractivity (Wildman–Crippen MR) is 102 cm³/mol. The second kappa shape index (κ2) is 7.91. The van der Waals surface area contributed by atoms with Crippen LogP contribution in [0.15, 0.2) is 30.5 Å². The number of benzene rings is 1. The van der Waals surface area contributed by atoms with Crippen molar-refractivity contribution in [3.8, 4) is 0 Å². The maximum absolute atomic E-state index is 12.8. The van der Waals surface area contributed by atoms with E-state index in [9.17, 15) is 18.0 Å². The number of rotatable bonds is 4. The van der Waals surface area contributed by atoms with Crippen molar-refractivity contribution < 1.29 is 18.0 Å². The Kier molecular flexibility index (Phi) is 5.57. The van der Waals surface area contributed by atoms with E-state index in [1.165, 1.54) is 18.3 Å². The molecule has 2 heterocycles. The highest BCUT2D eigenvalue weighted by Gasteiger charge is 2.30. The fraction of sp³-hybridized carbons (Fsp3) is 0.389. The molecule has 10 heteroatoms. The fourth-order valence-electron chi connectivity index (χ4n) is 2.92. The highest BCUT2D eigenvalue weighted by atomic mass is 19.4. The third kappa shape index (κ3) is 4.62. The van der Waals surface area contributed by atoms with Gasteiger partial charge in [0.15, 0.2) is 5.82 Å². The molecule has 0 aliphatic carbocycles. The Balaban J connectivity index is 1.74. The van der Waals surface area contributed by atoms with Gasteiger partial charge < -0.3 is 20.4 Å². The summed E-state index contributed by atoms with van der Waals surface area (Å²) in [7, 11) is 3.57. The fourth-order valence-corrected chi connectivity index (χ4v) is 2.92. The van der Waals surface area contributed by atoms with Gasteiger partial charge in [-0.3, -0.25) is 0 Å². The summed E-state index contributed by atoms with van der Waals surface area (Å²) in [4.78, 5) is 24.9. The molecular weight excluding hydrogens is 373 g/mol. The van der Waals surface area contributed by atoms with Crippen molar-refractivity contribution in [3.05, 3.63) is 36.0 Å². The van der Waals surface area contributed by atoms with Crippen LogP contribution in [0.1, 0.15) is 18.4 Å². The molecule has 0 atom stereocenters. The lowest BCUT2D eigenvalue weighted by Crippen LogP contribution is -2.25. The number of aromatic nitrogens is 2. The van der Waals surface area contributed by atoms with E-state index in [1.54, 1.807) is 19.0 Å². The number of alkyl halides is 3. The summed E-state index contributed by atoms with van der Waals surface area (Å²) in [6, 6.07) is 3.75. The van der Waals surface area contributed by atoms with Gasteiger partial charge in [0, 0.05) is 32.9 Å². The molecule has 2 amide bonds. The van der Waals surface area contributed by atoms with E-state index in [0.717, 1.165) is 38.1 Å². The highest BCUT2D eigenvalue weighted by Crippen LogP contribution is 2.31. The van der Waals surface area contributed by atoms with Crippen LogP contribution in [0.4, 0.5) is 41.1 Å². The summed E-state index contributed by atoms with van der Waals surface area (Å²) in [6.45, 7) is 1.77. The zero-order chi connectivity index (χ0) is 20.3. The Morgan fingerprint density at radius 2 is 1.89 bits per heavy atom. The Bertz CT molecular complexity index is 849. The minimum absolute atomic E-state index is 0.0355. The summed E-state index contributed by atoms with van der Waals surface area (Å²) in [5.41, 5.74) is -0.441. The van der Waals surface area contributed by atoms with E-state index in [2.05, 4.69) is 25.5 Å². The highest BCUT2D eigenvalue weighted by molar-refractivity contribution is 6.01. The van der Waals surface area contributed by atoms with Crippen LogP contribution in [0.2, 0.25) is 0 Å². The third-order valence-electron chi connectivity index (χ3n) is 4.26. The van der Waals surface area contributed by atoms with Crippen LogP contribution in [-0.2, 0) is 6.18 Å². The number of urea groups is 1. The zero-order valence-electron chi connectivity index (χ0n) is 15.5. The van der Waals surface area contributed by atoms with Gasteiger partial charge in [-0.25, -0.2) is 9.78 Å². The molecule has 1 aliphatic rings. The van der Waals surface area contributed by atoms with Gasteiger partial charge in [-0.2, -0.15) is 18.2 Å². The molecule has 1 aromatic heterocycles. The zero-order valence-corrected chi connectivity index (χ0v) is 15.5. The van der Waals surface area contributed by atoms with E-state index in [1.807, 2.05) is 0 Å². The van der Waals surface area contributed by atoms with Crippen LogP contribution in [0, 0.1) is 0 Å². The Hall–Kier alpha value is -3.04. The van der Waals surface area contributed by atoms with Crippen LogP contribution in [0.25, 0.3) is 0 Å². The number of halogens is 3. The van der Waals surface area contributed by atoms with Crippen LogP contribution in [0.5, 0.6) is 0 Å². The van der Waals surface area contributed by atoms with Gasteiger partial charge >= 0.3 is 12.2 Å². The van der Waals surface area contributed by atoms with Crippen LogP contribution in [0.3, 0.4) is 0 Å². The Morgan fingerprint density at radius 3 is 2.54 bits per heavy atom.